The summed E-state index contributed by atoms with van der Waals surface area (Å²) in [4.78, 5) is 24.7. The zero-order chi connectivity index (χ0) is 13.8. The van der Waals surface area contributed by atoms with Gasteiger partial charge in [0, 0.05) is 6.54 Å². The first-order valence-electron chi connectivity index (χ1n) is 6.76. The Balaban J connectivity index is 2.39. The SMILES string of the molecule is CC(=O)CC(=O)NCC(C)(C)C1CCN(C)CC1. The molecule has 0 unspecified atom stereocenters. The second-order valence-corrected chi connectivity index (χ2v) is 6.22. The van der Waals surface area contributed by atoms with Gasteiger partial charge in [-0.1, -0.05) is 13.8 Å². The molecule has 0 aliphatic carbocycles. The Kier molecular flexibility index (Phi) is 5.32. The number of nitrogens with one attached hydrogen (secondary N) is 1. The molecule has 1 saturated heterocycles. The van der Waals surface area contributed by atoms with E-state index >= 15 is 0 Å². The molecule has 0 saturated carbocycles. The van der Waals surface area contributed by atoms with Gasteiger partial charge >= 0.3 is 0 Å². The molecule has 0 aromatic heterocycles. The first-order valence-corrected chi connectivity index (χ1v) is 6.76. The Labute approximate surface area is 110 Å². The van der Waals surface area contributed by atoms with E-state index in [9.17, 15) is 9.59 Å². The number of hydrogen-bond donors (Lipinski definition) is 1. The van der Waals surface area contributed by atoms with Crippen LogP contribution in [0.5, 0.6) is 0 Å². The molecule has 1 aliphatic heterocycles. The third kappa shape index (κ3) is 4.77. The number of carbonyl (C=O) groups is 2. The minimum absolute atomic E-state index is 0.00346. The van der Waals surface area contributed by atoms with Gasteiger partial charge in [0.1, 0.15) is 5.78 Å². The third-order valence-corrected chi connectivity index (χ3v) is 3.97. The summed E-state index contributed by atoms with van der Waals surface area (Å²) in [5.41, 5.74) is 0.105. The highest BCUT2D eigenvalue weighted by Crippen LogP contribution is 2.34. The van der Waals surface area contributed by atoms with Crippen molar-refractivity contribution in [1.82, 2.24) is 10.2 Å². The first kappa shape index (κ1) is 15.2. The Bertz CT molecular complexity index is 305. The lowest BCUT2D eigenvalue weighted by Gasteiger charge is -2.39. The Morgan fingerprint density at radius 1 is 1.28 bits per heavy atom. The number of rotatable bonds is 5. The van der Waals surface area contributed by atoms with Crippen molar-refractivity contribution >= 4 is 11.7 Å². The molecular formula is C14H26N2O2. The van der Waals surface area contributed by atoms with Crippen LogP contribution < -0.4 is 5.32 Å². The summed E-state index contributed by atoms with van der Waals surface area (Å²) in [6, 6.07) is 0. The number of ketones is 1. The van der Waals surface area contributed by atoms with Crippen LogP contribution >= 0.6 is 0 Å². The molecule has 1 N–H and O–H groups in total. The summed E-state index contributed by atoms with van der Waals surface area (Å²) < 4.78 is 0. The number of carbonyl (C=O) groups excluding carboxylic acids is 2. The van der Waals surface area contributed by atoms with Gasteiger partial charge in [-0.15, -0.1) is 0 Å². The zero-order valence-electron chi connectivity index (χ0n) is 12.1. The molecule has 0 atom stereocenters. The van der Waals surface area contributed by atoms with Crippen molar-refractivity contribution in [3.8, 4) is 0 Å². The average molecular weight is 254 g/mol. The third-order valence-electron chi connectivity index (χ3n) is 3.97. The van der Waals surface area contributed by atoms with Crippen LogP contribution in [-0.2, 0) is 9.59 Å². The summed E-state index contributed by atoms with van der Waals surface area (Å²) in [6.45, 7) is 8.79. The highest BCUT2D eigenvalue weighted by Gasteiger charge is 2.32. The normalized spacial score (nSPS) is 18.7. The van der Waals surface area contributed by atoms with Gasteiger partial charge in [0.15, 0.2) is 0 Å². The molecule has 0 aromatic carbocycles. The fourth-order valence-corrected chi connectivity index (χ4v) is 2.55. The van der Waals surface area contributed by atoms with E-state index in [4.69, 9.17) is 0 Å². The van der Waals surface area contributed by atoms with Gasteiger partial charge in [-0.05, 0) is 51.2 Å². The molecule has 4 nitrogen and oxygen atoms in total. The number of hydrogen-bond acceptors (Lipinski definition) is 3. The van der Waals surface area contributed by atoms with Crippen molar-refractivity contribution < 1.29 is 9.59 Å². The average Bonchev–Trinajstić information content (AvgIpc) is 2.26. The largest absolute Gasteiger partial charge is 0.355 e. The predicted octanol–water partition coefficient (Wildman–Crippen LogP) is 1.45. The molecule has 1 heterocycles. The molecule has 1 fully saturated rings. The van der Waals surface area contributed by atoms with Crippen LogP contribution in [0.4, 0.5) is 0 Å². The fourth-order valence-electron chi connectivity index (χ4n) is 2.55. The lowest BCUT2D eigenvalue weighted by molar-refractivity contribution is -0.127. The van der Waals surface area contributed by atoms with Crippen LogP contribution in [0.15, 0.2) is 0 Å². The highest BCUT2D eigenvalue weighted by molar-refractivity contribution is 5.96. The van der Waals surface area contributed by atoms with E-state index in [1.807, 2.05) is 0 Å². The van der Waals surface area contributed by atoms with Gasteiger partial charge in [-0.25, -0.2) is 0 Å². The van der Waals surface area contributed by atoms with Crippen molar-refractivity contribution in [2.75, 3.05) is 26.7 Å². The molecule has 1 amide bonds. The van der Waals surface area contributed by atoms with Gasteiger partial charge in [-0.2, -0.15) is 0 Å². The second kappa shape index (κ2) is 6.32. The summed E-state index contributed by atoms with van der Waals surface area (Å²) in [5, 5.41) is 2.89. The summed E-state index contributed by atoms with van der Waals surface area (Å²) in [5.74, 6) is 0.416. The van der Waals surface area contributed by atoms with Gasteiger partial charge in [-0.3, -0.25) is 9.59 Å². The van der Waals surface area contributed by atoms with Gasteiger partial charge in [0.2, 0.25) is 5.91 Å². The van der Waals surface area contributed by atoms with Gasteiger partial charge in [0.05, 0.1) is 6.42 Å². The maximum atomic E-state index is 11.5. The van der Waals surface area contributed by atoms with E-state index in [0.717, 1.165) is 13.1 Å². The minimum atomic E-state index is -0.150. The summed E-state index contributed by atoms with van der Waals surface area (Å²) in [6.07, 6.45) is 2.38. The molecule has 1 aliphatic rings. The number of piperidine rings is 1. The molecule has 4 heteroatoms. The number of amides is 1. The van der Waals surface area contributed by atoms with Crippen LogP contribution in [0.2, 0.25) is 0 Å². The van der Waals surface area contributed by atoms with Crippen LogP contribution in [0.25, 0.3) is 0 Å². The van der Waals surface area contributed by atoms with Crippen molar-refractivity contribution in [3.63, 3.8) is 0 Å². The predicted molar refractivity (Wildman–Crippen MR) is 72.3 cm³/mol. The van der Waals surface area contributed by atoms with E-state index in [1.54, 1.807) is 0 Å². The Hall–Kier alpha value is -0.900. The fraction of sp³-hybridized carbons (Fsp3) is 0.857. The lowest BCUT2D eigenvalue weighted by atomic mass is 9.73. The molecule has 0 radical (unpaired) electrons. The molecule has 1 rings (SSSR count). The maximum Gasteiger partial charge on any atom is 0.227 e. The molecule has 0 bridgehead atoms. The minimum Gasteiger partial charge on any atom is -0.355 e. The Morgan fingerprint density at radius 3 is 2.33 bits per heavy atom. The van der Waals surface area contributed by atoms with E-state index in [0.29, 0.717) is 12.5 Å². The van der Waals surface area contributed by atoms with E-state index < -0.39 is 0 Å². The zero-order valence-corrected chi connectivity index (χ0v) is 12.1. The smallest absolute Gasteiger partial charge is 0.227 e. The van der Waals surface area contributed by atoms with Gasteiger partial charge < -0.3 is 10.2 Å². The quantitative estimate of drug-likeness (QED) is 0.755. The van der Waals surface area contributed by atoms with E-state index in [2.05, 4.69) is 31.1 Å². The second-order valence-electron chi connectivity index (χ2n) is 6.22. The topological polar surface area (TPSA) is 49.4 Å². The van der Waals surface area contributed by atoms with Crippen molar-refractivity contribution in [2.24, 2.45) is 11.3 Å². The molecule has 0 aromatic rings. The van der Waals surface area contributed by atoms with Crippen LogP contribution in [-0.4, -0.2) is 43.3 Å². The standard InChI is InChI=1S/C14H26N2O2/c1-11(17)9-13(18)15-10-14(2,3)12-5-7-16(4)8-6-12/h12H,5-10H2,1-4H3,(H,15,18). The monoisotopic (exact) mass is 254 g/mol. The highest BCUT2D eigenvalue weighted by atomic mass is 16.2. The maximum absolute atomic E-state index is 11.5. The lowest BCUT2D eigenvalue weighted by Crippen LogP contribution is -2.43. The molecule has 104 valence electrons. The number of nitrogens with zero attached hydrogens (tertiary/aromatic N) is 1. The van der Waals surface area contributed by atoms with Crippen molar-refractivity contribution in [2.45, 2.75) is 40.0 Å². The summed E-state index contributed by atoms with van der Waals surface area (Å²) >= 11 is 0. The molecule has 0 spiro atoms. The van der Waals surface area contributed by atoms with Crippen LogP contribution in [0.1, 0.15) is 40.0 Å². The molecule has 18 heavy (non-hydrogen) atoms. The van der Waals surface area contributed by atoms with E-state index in [1.165, 1.54) is 19.8 Å². The molecular weight excluding hydrogens is 228 g/mol. The van der Waals surface area contributed by atoms with Crippen LogP contribution in [0.3, 0.4) is 0 Å². The van der Waals surface area contributed by atoms with Gasteiger partial charge in [0.25, 0.3) is 0 Å². The number of Topliss-reactive ketones (excluding diaryl/α,β-unsaturated/α-hetero) is 1. The number of likely N-dealkylation sites (tertiary alicyclic amines) is 1. The van der Waals surface area contributed by atoms with Crippen molar-refractivity contribution in [3.05, 3.63) is 0 Å². The van der Waals surface area contributed by atoms with Crippen molar-refractivity contribution in [1.29, 1.82) is 0 Å². The summed E-state index contributed by atoms with van der Waals surface area (Å²) in [7, 11) is 2.15. The Morgan fingerprint density at radius 2 is 1.83 bits per heavy atom. The van der Waals surface area contributed by atoms with Crippen LogP contribution in [0, 0.1) is 11.3 Å². The first-order chi connectivity index (χ1) is 8.31. The van der Waals surface area contributed by atoms with E-state index in [-0.39, 0.29) is 23.5 Å².